The summed E-state index contributed by atoms with van der Waals surface area (Å²) in [5, 5.41) is 9.84. The number of hydrogen-bond acceptors (Lipinski definition) is 8. The summed E-state index contributed by atoms with van der Waals surface area (Å²) >= 11 is 2.98. The van der Waals surface area contributed by atoms with Crippen LogP contribution in [0, 0.1) is 0 Å². The van der Waals surface area contributed by atoms with Gasteiger partial charge < -0.3 is 15.0 Å². The number of ether oxygens (including phenoxy) is 1. The first-order chi connectivity index (χ1) is 12.7. The van der Waals surface area contributed by atoms with Crippen LogP contribution in [0.2, 0.25) is 0 Å². The smallest absolute Gasteiger partial charge is 0.288 e. The monoisotopic (exact) mass is 391 g/mol. The van der Waals surface area contributed by atoms with Crippen LogP contribution in [0.4, 0.5) is 5.13 Å². The number of carbonyl (C=O) groups excluding carboxylic acids is 1. The Labute approximate surface area is 157 Å². The Morgan fingerprint density at radius 3 is 2.96 bits per heavy atom. The molecule has 10 heteroatoms. The number of hydrogen-bond donors (Lipinski definition) is 1. The number of nitrogens with one attached hydrogen (secondary N) is 1. The van der Waals surface area contributed by atoms with Crippen LogP contribution in [-0.2, 0) is 11.2 Å². The molecule has 0 bridgehead atoms. The van der Waals surface area contributed by atoms with Gasteiger partial charge in [0.1, 0.15) is 5.56 Å². The van der Waals surface area contributed by atoms with Gasteiger partial charge in [0.25, 0.3) is 11.5 Å². The van der Waals surface area contributed by atoms with Crippen molar-refractivity contribution < 1.29 is 9.53 Å². The van der Waals surface area contributed by atoms with E-state index in [1.165, 1.54) is 26.9 Å². The average Bonchev–Trinajstić information content (AvgIpc) is 3.32. The van der Waals surface area contributed by atoms with Gasteiger partial charge in [-0.05, 0) is 17.9 Å². The lowest BCUT2D eigenvalue weighted by Gasteiger charge is -2.25. The summed E-state index contributed by atoms with van der Waals surface area (Å²) in [6, 6.07) is 3.99. The van der Waals surface area contributed by atoms with Crippen LogP contribution in [0.25, 0.3) is 4.96 Å². The van der Waals surface area contributed by atoms with E-state index in [9.17, 15) is 9.59 Å². The maximum absolute atomic E-state index is 12.6. The molecule has 4 heterocycles. The van der Waals surface area contributed by atoms with Crippen LogP contribution < -0.4 is 15.8 Å². The second-order valence-corrected chi connectivity index (χ2v) is 7.71. The molecular formula is C16H17N5O3S2. The van der Waals surface area contributed by atoms with Gasteiger partial charge in [-0.2, -0.15) is 4.52 Å². The van der Waals surface area contributed by atoms with E-state index in [0.29, 0.717) is 29.9 Å². The molecule has 0 aromatic carbocycles. The van der Waals surface area contributed by atoms with Gasteiger partial charge in [-0.3, -0.25) is 9.59 Å². The summed E-state index contributed by atoms with van der Waals surface area (Å²) < 4.78 is 6.54. The Morgan fingerprint density at radius 1 is 1.35 bits per heavy atom. The number of amides is 1. The lowest BCUT2D eigenvalue weighted by atomic mass is 10.3. The fourth-order valence-corrected chi connectivity index (χ4v) is 4.29. The predicted molar refractivity (Wildman–Crippen MR) is 101 cm³/mol. The zero-order valence-corrected chi connectivity index (χ0v) is 15.5. The number of thiophene rings is 1. The molecule has 8 nitrogen and oxygen atoms in total. The van der Waals surface area contributed by atoms with Crippen LogP contribution in [0.3, 0.4) is 0 Å². The van der Waals surface area contributed by atoms with E-state index in [4.69, 9.17) is 4.74 Å². The number of fused-ring (bicyclic) bond motifs is 1. The second kappa shape index (κ2) is 7.52. The van der Waals surface area contributed by atoms with Crippen molar-refractivity contribution in [3.8, 4) is 0 Å². The second-order valence-electron chi connectivity index (χ2n) is 5.74. The fraction of sp³-hybridized carbons (Fsp3) is 0.375. The average molecular weight is 391 g/mol. The van der Waals surface area contributed by atoms with E-state index in [2.05, 4.69) is 20.3 Å². The summed E-state index contributed by atoms with van der Waals surface area (Å²) in [5.74, 6) is -0.422. The van der Waals surface area contributed by atoms with E-state index in [1.54, 1.807) is 11.3 Å². The third-order valence-corrected chi connectivity index (χ3v) is 5.96. The summed E-state index contributed by atoms with van der Waals surface area (Å²) in [6.45, 7) is 3.19. The highest BCUT2D eigenvalue weighted by atomic mass is 32.1. The minimum atomic E-state index is -0.445. The van der Waals surface area contributed by atoms with Crippen LogP contribution in [0.1, 0.15) is 15.2 Å². The number of morpholine rings is 1. The van der Waals surface area contributed by atoms with Gasteiger partial charge in [0.15, 0.2) is 0 Å². The summed E-state index contributed by atoms with van der Waals surface area (Å²) in [7, 11) is 0. The zero-order chi connectivity index (χ0) is 17.9. The molecule has 1 saturated heterocycles. The van der Waals surface area contributed by atoms with Crippen molar-refractivity contribution >= 4 is 38.7 Å². The molecule has 0 spiro atoms. The lowest BCUT2D eigenvalue weighted by Crippen LogP contribution is -2.36. The maximum atomic E-state index is 12.6. The highest BCUT2D eigenvalue weighted by Gasteiger charge is 2.19. The van der Waals surface area contributed by atoms with E-state index in [-0.39, 0.29) is 5.56 Å². The molecule has 1 N–H and O–H groups in total. The highest BCUT2D eigenvalue weighted by Crippen LogP contribution is 2.21. The quantitative estimate of drug-likeness (QED) is 0.699. The third-order valence-electron chi connectivity index (χ3n) is 4.04. The molecule has 1 aliphatic heterocycles. The molecule has 3 aromatic rings. The molecule has 0 atom stereocenters. The molecule has 1 fully saturated rings. The molecule has 0 radical (unpaired) electrons. The van der Waals surface area contributed by atoms with Gasteiger partial charge in [0.05, 0.1) is 13.2 Å². The topological polar surface area (TPSA) is 88.8 Å². The maximum Gasteiger partial charge on any atom is 0.288 e. The van der Waals surface area contributed by atoms with Crippen LogP contribution in [-0.4, -0.2) is 53.4 Å². The third kappa shape index (κ3) is 3.48. The SMILES string of the molecule is O=C(NCCc1cccs1)c1cnc2sc(N3CCOCC3)nn2c1=O. The Hall–Kier alpha value is -2.30. The summed E-state index contributed by atoms with van der Waals surface area (Å²) in [5.41, 5.74) is -0.438. The molecule has 0 aliphatic carbocycles. The van der Waals surface area contributed by atoms with Gasteiger partial charge in [0.2, 0.25) is 10.1 Å². The van der Waals surface area contributed by atoms with E-state index >= 15 is 0 Å². The summed E-state index contributed by atoms with van der Waals surface area (Å²) in [4.78, 5) is 32.9. The first kappa shape index (κ1) is 17.1. The number of aromatic nitrogens is 3. The van der Waals surface area contributed by atoms with Crippen molar-refractivity contribution in [3.63, 3.8) is 0 Å². The van der Waals surface area contributed by atoms with Crippen molar-refractivity contribution in [1.29, 1.82) is 0 Å². The van der Waals surface area contributed by atoms with Gasteiger partial charge in [-0.1, -0.05) is 17.4 Å². The normalized spacial score (nSPS) is 14.7. The Kier molecular flexibility index (Phi) is 4.96. The minimum absolute atomic E-state index is 0.00695. The number of carbonyl (C=O) groups is 1. The van der Waals surface area contributed by atoms with Gasteiger partial charge in [-0.25, -0.2) is 4.98 Å². The van der Waals surface area contributed by atoms with E-state index in [0.717, 1.165) is 19.5 Å². The Bertz CT molecular complexity index is 960. The van der Waals surface area contributed by atoms with Gasteiger partial charge >= 0.3 is 0 Å². The molecule has 136 valence electrons. The highest BCUT2D eigenvalue weighted by molar-refractivity contribution is 7.20. The molecule has 3 aromatic heterocycles. The van der Waals surface area contributed by atoms with Crippen LogP contribution >= 0.6 is 22.7 Å². The Balaban J connectivity index is 1.51. The van der Waals surface area contributed by atoms with Crippen molar-refractivity contribution in [2.24, 2.45) is 0 Å². The zero-order valence-electron chi connectivity index (χ0n) is 13.9. The molecule has 0 unspecified atom stereocenters. The van der Waals surface area contributed by atoms with Crippen molar-refractivity contribution in [3.05, 3.63) is 44.5 Å². The fourth-order valence-electron chi connectivity index (χ4n) is 2.66. The van der Waals surface area contributed by atoms with Gasteiger partial charge in [0, 0.05) is 30.7 Å². The molecule has 1 amide bonds. The first-order valence-electron chi connectivity index (χ1n) is 8.24. The van der Waals surface area contributed by atoms with E-state index < -0.39 is 11.5 Å². The number of rotatable bonds is 5. The number of anilines is 1. The molecular weight excluding hydrogens is 374 g/mol. The standard InChI is InChI=1S/C16H17N5O3S2/c22-13(17-4-3-11-2-1-9-25-11)12-10-18-15-21(14(12)23)19-16(26-15)20-5-7-24-8-6-20/h1-2,9-10H,3-8H2,(H,17,22). The first-order valence-corrected chi connectivity index (χ1v) is 9.94. The van der Waals surface area contributed by atoms with Crippen molar-refractivity contribution in [2.45, 2.75) is 6.42 Å². The predicted octanol–water partition coefficient (Wildman–Crippen LogP) is 1.02. The number of nitrogens with zero attached hydrogens (tertiary/aromatic N) is 4. The van der Waals surface area contributed by atoms with Crippen molar-refractivity contribution in [2.75, 3.05) is 37.7 Å². The van der Waals surface area contributed by atoms with Crippen LogP contribution in [0.5, 0.6) is 0 Å². The largest absolute Gasteiger partial charge is 0.378 e. The van der Waals surface area contributed by atoms with Gasteiger partial charge in [-0.15, -0.1) is 16.4 Å². The molecule has 0 saturated carbocycles. The minimum Gasteiger partial charge on any atom is -0.378 e. The molecule has 1 aliphatic rings. The summed E-state index contributed by atoms with van der Waals surface area (Å²) in [6.07, 6.45) is 2.07. The Morgan fingerprint density at radius 2 is 2.19 bits per heavy atom. The molecule has 4 rings (SSSR count). The lowest BCUT2D eigenvalue weighted by molar-refractivity contribution is 0.0952. The van der Waals surface area contributed by atoms with Crippen molar-refractivity contribution in [1.82, 2.24) is 19.9 Å². The van der Waals surface area contributed by atoms with E-state index in [1.807, 2.05) is 17.5 Å². The molecule has 26 heavy (non-hydrogen) atoms. The van der Waals surface area contributed by atoms with Crippen LogP contribution in [0.15, 0.2) is 28.5 Å².